The van der Waals surface area contributed by atoms with E-state index in [0.29, 0.717) is 22.7 Å². The van der Waals surface area contributed by atoms with Gasteiger partial charge in [-0.3, -0.25) is 4.79 Å². The van der Waals surface area contributed by atoms with Gasteiger partial charge in [0.2, 0.25) is 0 Å². The summed E-state index contributed by atoms with van der Waals surface area (Å²) in [5.41, 5.74) is 0.444. The number of pyridine rings is 1. The minimum absolute atomic E-state index is 0.0129. The molecule has 1 aromatic carbocycles. The average molecular weight is 303 g/mol. The highest BCUT2D eigenvalue weighted by molar-refractivity contribution is 6.34. The Morgan fingerprint density at radius 2 is 1.90 bits per heavy atom. The maximum Gasteiger partial charge on any atom is 0.272 e. The van der Waals surface area contributed by atoms with Crippen LogP contribution in [-0.4, -0.2) is 28.9 Å². The summed E-state index contributed by atoms with van der Waals surface area (Å²) in [6, 6.07) is 9.59. The largest absolute Gasteiger partial charge is 0.337 e. The van der Waals surface area contributed by atoms with Crippen LogP contribution in [-0.2, 0) is 0 Å². The molecule has 2 unspecified atom stereocenters. The lowest BCUT2D eigenvalue weighted by Gasteiger charge is -2.34. The van der Waals surface area contributed by atoms with Crippen LogP contribution >= 0.6 is 11.6 Å². The van der Waals surface area contributed by atoms with E-state index in [-0.39, 0.29) is 5.91 Å². The highest BCUT2D eigenvalue weighted by Gasteiger charge is 2.27. The van der Waals surface area contributed by atoms with Crippen LogP contribution in [0.2, 0.25) is 5.15 Å². The molecule has 110 valence electrons. The Labute approximate surface area is 129 Å². The number of amides is 1. The lowest BCUT2D eigenvalue weighted by atomic mass is 9.91. The molecule has 1 saturated heterocycles. The van der Waals surface area contributed by atoms with Gasteiger partial charge in [-0.15, -0.1) is 0 Å². The number of likely N-dealkylation sites (tertiary alicyclic amines) is 1. The predicted octanol–water partition coefficient (Wildman–Crippen LogP) is 4.01. The monoisotopic (exact) mass is 302 g/mol. The molecular weight excluding hydrogens is 284 g/mol. The molecule has 1 fully saturated rings. The number of rotatable bonds is 1. The first-order chi connectivity index (χ1) is 10.0. The van der Waals surface area contributed by atoms with Crippen molar-refractivity contribution in [2.24, 2.45) is 11.8 Å². The molecule has 0 aliphatic carbocycles. The molecule has 3 rings (SSSR count). The quantitative estimate of drug-likeness (QED) is 0.746. The number of hydrogen-bond donors (Lipinski definition) is 0. The number of benzene rings is 1. The summed E-state index contributed by atoms with van der Waals surface area (Å²) in [4.78, 5) is 18.9. The van der Waals surface area contributed by atoms with E-state index in [0.717, 1.165) is 23.9 Å². The lowest BCUT2D eigenvalue weighted by molar-refractivity contribution is 0.0617. The van der Waals surface area contributed by atoms with Crippen molar-refractivity contribution in [2.75, 3.05) is 13.1 Å². The van der Waals surface area contributed by atoms with E-state index in [4.69, 9.17) is 11.6 Å². The van der Waals surface area contributed by atoms with Crippen LogP contribution < -0.4 is 0 Å². The topological polar surface area (TPSA) is 33.2 Å². The normalized spacial score (nSPS) is 22.5. The van der Waals surface area contributed by atoms with Crippen LogP contribution in [0, 0.1) is 11.8 Å². The molecule has 0 N–H and O–H groups in total. The second-order valence-electron chi connectivity index (χ2n) is 6.18. The third kappa shape index (κ3) is 2.88. The number of piperidine rings is 1. The second kappa shape index (κ2) is 5.64. The zero-order valence-corrected chi connectivity index (χ0v) is 13.1. The van der Waals surface area contributed by atoms with Crippen LogP contribution in [0.4, 0.5) is 0 Å². The van der Waals surface area contributed by atoms with Crippen molar-refractivity contribution in [3.8, 4) is 0 Å². The Kier molecular flexibility index (Phi) is 3.85. The number of carbonyl (C=O) groups is 1. The molecule has 2 aromatic rings. The van der Waals surface area contributed by atoms with Gasteiger partial charge in [0.25, 0.3) is 5.91 Å². The van der Waals surface area contributed by atoms with Gasteiger partial charge in [0.15, 0.2) is 0 Å². The maximum atomic E-state index is 12.7. The number of halogens is 1. The van der Waals surface area contributed by atoms with Crippen molar-refractivity contribution in [1.29, 1.82) is 0 Å². The molecule has 0 bridgehead atoms. The Hall–Kier alpha value is -1.61. The van der Waals surface area contributed by atoms with Crippen molar-refractivity contribution >= 4 is 28.3 Å². The predicted molar refractivity (Wildman–Crippen MR) is 85.6 cm³/mol. The van der Waals surface area contributed by atoms with Gasteiger partial charge in [0, 0.05) is 18.5 Å². The van der Waals surface area contributed by atoms with Crippen molar-refractivity contribution in [3.05, 3.63) is 41.2 Å². The van der Waals surface area contributed by atoms with Gasteiger partial charge in [0.1, 0.15) is 10.8 Å². The van der Waals surface area contributed by atoms with Crippen LogP contribution in [0.1, 0.15) is 30.8 Å². The molecule has 4 heteroatoms. The van der Waals surface area contributed by atoms with Crippen molar-refractivity contribution < 1.29 is 4.79 Å². The van der Waals surface area contributed by atoms with Gasteiger partial charge in [0.05, 0.1) is 0 Å². The molecular formula is C17H19ClN2O. The first-order valence-electron chi connectivity index (χ1n) is 7.39. The summed E-state index contributed by atoms with van der Waals surface area (Å²) < 4.78 is 0. The molecule has 1 amide bonds. The number of nitrogens with zero attached hydrogens (tertiary/aromatic N) is 2. The van der Waals surface area contributed by atoms with Gasteiger partial charge in [-0.1, -0.05) is 49.7 Å². The summed E-state index contributed by atoms with van der Waals surface area (Å²) in [5, 5.41) is 2.24. The number of aromatic nitrogens is 1. The van der Waals surface area contributed by atoms with E-state index in [9.17, 15) is 4.79 Å². The van der Waals surface area contributed by atoms with Crippen LogP contribution in [0.3, 0.4) is 0 Å². The van der Waals surface area contributed by atoms with Crippen LogP contribution in [0.25, 0.3) is 10.8 Å². The first-order valence-corrected chi connectivity index (χ1v) is 7.77. The smallest absolute Gasteiger partial charge is 0.272 e. The number of carbonyl (C=O) groups excluding carboxylic acids is 1. The van der Waals surface area contributed by atoms with E-state index < -0.39 is 0 Å². The second-order valence-corrected chi connectivity index (χ2v) is 6.53. The van der Waals surface area contributed by atoms with E-state index >= 15 is 0 Å². The Morgan fingerprint density at radius 1 is 1.24 bits per heavy atom. The molecule has 1 aromatic heterocycles. The molecule has 0 saturated carbocycles. The van der Waals surface area contributed by atoms with Gasteiger partial charge in [-0.2, -0.15) is 0 Å². The van der Waals surface area contributed by atoms with Crippen LogP contribution in [0.5, 0.6) is 0 Å². The van der Waals surface area contributed by atoms with Gasteiger partial charge >= 0.3 is 0 Å². The van der Waals surface area contributed by atoms with Gasteiger partial charge in [-0.25, -0.2) is 4.98 Å². The van der Waals surface area contributed by atoms with E-state index in [2.05, 4.69) is 18.8 Å². The van der Waals surface area contributed by atoms with E-state index in [1.54, 1.807) is 0 Å². The van der Waals surface area contributed by atoms with E-state index in [1.165, 1.54) is 6.42 Å². The highest BCUT2D eigenvalue weighted by Crippen LogP contribution is 2.25. The highest BCUT2D eigenvalue weighted by atomic mass is 35.5. The Morgan fingerprint density at radius 3 is 2.62 bits per heavy atom. The third-order valence-electron chi connectivity index (χ3n) is 4.07. The fourth-order valence-electron chi connectivity index (χ4n) is 3.26. The van der Waals surface area contributed by atoms with Crippen molar-refractivity contribution in [2.45, 2.75) is 20.3 Å². The van der Waals surface area contributed by atoms with Crippen molar-refractivity contribution in [1.82, 2.24) is 9.88 Å². The molecule has 1 aliphatic rings. The molecule has 0 spiro atoms. The molecule has 2 heterocycles. The molecule has 0 radical (unpaired) electrons. The van der Waals surface area contributed by atoms with E-state index in [1.807, 2.05) is 35.2 Å². The fourth-order valence-corrected chi connectivity index (χ4v) is 3.52. The number of hydrogen-bond acceptors (Lipinski definition) is 2. The van der Waals surface area contributed by atoms with Gasteiger partial charge < -0.3 is 4.90 Å². The van der Waals surface area contributed by atoms with Crippen molar-refractivity contribution in [3.63, 3.8) is 0 Å². The summed E-state index contributed by atoms with van der Waals surface area (Å²) in [6.07, 6.45) is 1.18. The summed E-state index contributed by atoms with van der Waals surface area (Å²) in [7, 11) is 0. The third-order valence-corrected chi connectivity index (χ3v) is 4.36. The minimum atomic E-state index is -0.0129. The number of fused-ring (bicyclic) bond motifs is 1. The molecule has 3 nitrogen and oxygen atoms in total. The molecule has 21 heavy (non-hydrogen) atoms. The summed E-state index contributed by atoms with van der Waals surface area (Å²) >= 11 is 6.22. The summed E-state index contributed by atoms with van der Waals surface area (Å²) in [5.74, 6) is 1.06. The fraction of sp³-hybridized carbons (Fsp3) is 0.412. The standard InChI is InChI=1S/C17H19ClN2O/c1-11-7-12(2)10-20(9-11)17(21)15-8-13-5-3-4-6-14(13)16(18)19-15/h3-6,8,11-12H,7,9-10H2,1-2H3. The lowest BCUT2D eigenvalue weighted by Crippen LogP contribution is -2.42. The zero-order valence-electron chi connectivity index (χ0n) is 12.3. The van der Waals surface area contributed by atoms with Crippen LogP contribution in [0.15, 0.2) is 30.3 Å². The molecule has 2 atom stereocenters. The molecule has 1 aliphatic heterocycles. The average Bonchev–Trinajstić information content (AvgIpc) is 2.45. The SMILES string of the molecule is CC1CC(C)CN(C(=O)c2cc3ccccc3c(Cl)n2)C1. The first kappa shape index (κ1) is 14.3. The zero-order chi connectivity index (χ0) is 15.0. The summed E-state index contributed by atoms with van der Waals surface area (Å²) in [6.45, 7) is 5.98. The Bertz CT molecular complexity index is 676. The Balaban J connectivity index is 1.94. The van der Waals surface area contributed by atoms with Gasteiger partial charge in [-0.05, 0) is 29.7 Å². The maximum absolute atomic E-state index is 12.7. The minimum Gasteiger partial charge on any atom is -0.337 e.